The third-order valence-electron chi connectivity index (χ3n) is 6.43. The highest BCUT2D eigenvalue weighted by atomic mass is 35.5. The Hall–Kier alpha value is -3.24. The van der Waals surface area contributed by atoms with Crippen LogP contribution in [-0.2, 0) is 32.2 Å². The molecule has 11 heteroatoms. The van der Waals surface area contributed by atoms with E-state index in [1.807, 2.05) is 29.2 Å². The second kappa shape index (κ2) is 9.67. The monoisotopic (exact) mass is 530 g/mol. The van der Waals surface area contributed by atoms with Crippen molar-refractivity contribution in [1.82, 2.24) is 9.97 Å². The second-order valence-corrected chi connectivity index (χ2v) is 11.4. The van der Waals surface area contributed by atoms with E-state index in [9.17, 15) is 17.6 Å². The SMILES string of the molecule is COC(=O)Cc1ccc(Nc2nc(N3CC(c4ccc(Cl)cc4)C3)nc3c2S(=O)(=O)CCC3)c(F)c1. The molecular weight excluding hydrogens is 507 g/mol. The fourth-order valence-corrected chi connectivity index (χ4v) is 6.21. The summed E-state index contributed by atoms with van der Waals surface area (Å²) in [5.74, 6) is -0.389. The maximum atomic E-state index is 14.9. The Kier molecular flexibility index (Phi) is 6.57. The Morgan fingerprint density at radius 2 is 1.94 bits per heavy atom. The minimum atomic E-state index is -3.62. The molecule has 3 heterocycles. The standard InChI is InChI=1S/C25H24ClFN4O4S/c1-35-22(32)12-15-4-9-20(19(27)11-15)28-24-23-21(3-2-10-36(23,33)34)29-25(30-24)31-13-17(14-31)16-5-7-18(26)8-6-16/h4-9,11,17H,2-3,10,12-14H2,1H3,(H,28,29,30). The van der Waals surface area contributed by atoms with Crippen molar-refractivity contribution in [3.8, 4) is 0 Å². The molecule has 36 heavy (non-hydrogen) atoms. The van der Waals surface area contributed by atoms with Gasteiger partial charge in [-0.1, -0.05) is 29.8 Å². The molecule has 0 bridgehead atoms. The Morgan fingerprint density at radius 1 is 1.19 bits per heavy atom. The summed E-state index contributed by atoms with van der Waals surface area (Å²) in [5.41, 5.74) is 2.09. The number of aryl methyl sites for hydroxylation is 1. The number of sulfone groups is 1. The number of methoxy groups -OCH3 is 1. The van der Waals surface area contributed by atoms with Gasteiger partial charge >= 0.3 is 5.97 Å². The minimum Gasteiger partial charge on any atom is -0.469 e. The third kappa shape index (κ3) is 4.87. The smallest absolute Gasteiger partial charge is 0.309 e. The summed E-state index contributed by atoms with van der Waals surface area (Å²) in [6, 6.07) is 11.9. The van der Waals surface area contributed by atoms with Crippen molar-refractivity contribution in [3.05, 3.63) is 70.1 Å². The molecule has 1 N–H and O–H groups in total. The molecule has 1 aromatic heterocycles. The van der Waals surface area contributed by atoms with Gasteiger partial charge in [0.15, 0.2) is 15.7 Å². The lowest BCUT2D eigenvalue weighted by molar-refractivity contribution is -0.139. The summed E-state index contributed by atoms with van der Waals surface area (Å²) in [5, 5.41) is 3.56. The van der Waals surface area contributed by atoms with Crippen LogP contribution in [0, 0.1) is 5.82 Å². The summed E-state index contributed by atoms with van der Waals surface area (Å²) in [6.45, 7) is 1.34. The van der Waals surface area contributed by atoms with Gasteiger partial charge in [-0.3, -0.25) is 4.79 Å². The van der Waals surface area contributed by atoms with E-state index in [-0.39, 0.29) is 34.5 Å². The van der Waals surface area contributed by atoms with Crippen molar-refractivity contribution >= 4 is 44.9 Å². The van der Waals surface area contributed by atoms with Crippen molar-refractivity contribution in [2.45, 2.75) is 30.1 Å². The number of benzene rings is 2. The van der Waals surface area contributed by atoms with Crippen LogP contribution in [0.15, 0.2) is 47.4 Å². The minimum absolute atomic E-state index is 0.0136. The largest absolute Gasteiger partial charge is 0.469 e. The number of rotatable bonds is 6. The molecule has 1 saturated heterocycles. The quantitative estimate of drug-likeness (QED) is 0.476. The summed E-state index contributed by atoms with van der Waals surface area (Å²) >= 11 is 5.99. The number of esters is 1. The number of hydrogen-bond donors (Lipinski definition) is 1. The van der Waals surface area contributed by atoms with Crippen LogP contribution in [0.1, 0.15) is 29.2 Å². The van der Waals surface area contributed by atoms with Crippen LogP contribution in [0.25, 0.3) is 0 Å². The van der Waals surface area contributed by atoms with Crippen LogP contribution in [0.4, 0.5) is 21.8 Å². The lowest BCUT2D eigenvalue weighted by Crippen LogP contribution is -2.46. The Labute approximate surface area is 213 Å². The highest BCUT2D eigenvalue weighted by molar-refractivity contribution is 7.91. The molecule has 0 unspecified atom stereocenters. The summed E-state index contributed by atoms with van der Waals surface area (Å²) in [4.78, 5) is 22.6. The average Bonchev–Trinajstić information content (AvgIpc) is 2.80. The predicted octanol–water partition coefficient (Wildman–Crippen LogP) is 4.05. The fraction of sp³-hybridized carbons (Fsp3) is 0.320. The zero-order chi connectivity index (χ0) is 25.4. The van der Waals surface area contributed by atoms with Crippen LogP contribution in [0.3, 0.4) is 0 Å². The highest BCUT2D eigenvalue weighted by Crippen LogP contribution is 2.36. The van der Waals surface area contributed by atoms with Gasteiger partial charge in [0.25, 0.3) is 0 Å². The van der Waals surface area contributed by atoms with Crippen LogP contribution < -0.4 is 10.2 Å². The topological polar surface area (TPSA) is 101 Å². The number of halogens is 2. The molecule has 0 amide bonds. The summed E-state index contributed by atoms with van der Waals surface area (Å²) in [6.07, 6.45) is 0.891. The van der Waals surface area contributed by atoms with Gasteiger partial charge in [-0.2, -0.15) is 4.98 Å². The fourth-order valence-electron chi connectivity index (χ4n) is 4.46. The zero-order valence-electron chi connectivity index (χ0n) is 19.5. The molecule has 3 aromatic rings. The normalized spacial score (nSPS) is 16.7. The number of nitrogens with one attached hydrogen (secondary N) is 1. The number of fused-ring (bicyclic) bond motifs is 1. The number of nitrogens with zero attached hydrogens (tertiary/aromatic N) is 3. The number of anilines is 3. The zero-order valence-corrected chi connectivity index (χ0v) is 21.1. The van der Waals surface area contributed by atoms with E-state index in [1.165, 1.54) is 19.2 Å². The van der Waals surface area contributed by atoms with Gasteiger partial charge in [0.2, 0.25) is 5.95 Å². The van der Waals surface area contributed by atoms with Gasteiger partial charge in [-0.15, -0.1) is 0 Å². The second-order valence-electron chi connectivity index (χ2n) is 8.92. The molecule has 0 saturated carbocycles. The Balaban J connectivity index is 1.44. The molecule has 0 atom stereocenters. The van der Waals surface area contributed by atoms with E-state index in [0.717, 1.165) is 5.56 Å². The number of ether oxygens (including phenoxy) is 1. The van der Waals surface area contributed by atoms with E-state index >= 15 is 0 Å². The van der Waals surface area contributed by atoms with Crippen LogP contribution in [0.5, 0.6) is 0 Å². The molecule has 188 valence electrons. The summed E-state index contributed by atoms with van der Waals surface area (Å²) < 4.78 is 45.4. The molecule has 5 rings (SSSR count). The number of hydrogen-bond acceptors (Lipinski definition) is 8. The number of carbonyl (C=O) groups excluding carboxylic acids is 1. The molecular formula is C25H24ClFN4O4S. The van der Waals surface area contributed by atoms with E-state index < -0.39 is 21.6 Å². The van der Waals surface area contributed by atoms with Crippen LogP contribution in [0.2, 0.25) is 5.02 Å². The molecule has 2 aromatic carbocycles. The van der Waals surface area contributed by atoms with Gasteiger partial charge in [0, 0.05) is 24.0 Å². The van der Waals surface area contributed by atoms with Gasteiger partial charge in [-0.05, 0) is 48.2 Å². The van der Waals surface area contributed by atoms with Crippen molar-refractivity contribution in [1.29, 1.82) is 0 Å². The van der Waals surface area contributed by atoms with Crippen molar-refractivity contribution in [3.63, 3.8) is 0 Å². The molecule has 8 nitrogen and oxygen atoms in total. The van der Waals surface area contributed by atoms with Crippen molar-refractivity contribution < 1.29 is 22.3 Å². The van der Waals surface area contributed by atoms with Gasteiger partial charge < -0.3 is 15.0 Å². The van der Waals surface area contributed by atoms with E-state index in [2.05, 4.69) is 20.0 Å². The molecule has 0 radical (unpaired) electrons. The molecule has 2 aliphatic heterocycles. The first kappa shape index (κ1) is 24.5. The molecule has 2 aliphatic rings. The first-order chi connectivity index (χ1) is 17.2. The average molecular weight is 531 g/mol. The lowest BCUT2D eigenvalue weighted by Gasteiger charge is -2.40. The first-order valence-corrected chi connectivity index (χ1v) is 13.5. The maximum absolute atomic E-state index is 14.9. The molecule has 0 aliphatic carbocycles. The van der Waals surface area contributed by atoms with E-state index in [4.69, 9.17) is 11.6 Å². The van der Waals surface area contributed by atoms with Crippen molar-refractivity contribution in [2.75, 3.05) is 36.2 Å². The highest BCUT2D eigenvalue weighted by Gasteiger charge is 2.35. The first-order valence-electron chi connectivity index (χ1n) is 11.5. The van der Waals surface area contributed by atoms with Crippen molar-refractivity contribution in [2.24, 2.45) is 0 Å². The summed E-state index contributed by atoms with van der Waals surface area (Å²) in [7, 11) is -2.36. The van der Waals surface area contributed by atoms with Gasteiger partial charge in [-0.25, -0.2) is 17.8 Å². The maximum Gasteiger partial charge on any atom is 0.309 e. The Bertz CT molecular complexity index is 1430. The van der Waals surface area contributed by atoms with Crippen LogP contribution in [-0.4, -0.2) is 50.3 Å². The number of aromatic nitrogens is 2. The number of carbonyl (C=O) groups is 1. The third-order valence-corrected chi connectivity index (χ3v) is 8.56. The van der Waals surface area contributed by atoms with E-state index in [0.29, 0.717) is 48.2 Å². The van der Waals surface area contributed by atoms with E-state index in [1.54, 1.807) is 6.07 Å². The van der Waals surface area contributed by atoms with Crippen LogP contribution >= 0.6 is 11.6 Å². The van der Waals surface area contributed by atoms with Gasteiger partial charge in [0.05, 0.1) is 30.7 Å². The lowest BCUT2D eigenvalue weighted by atomic mass is 9.92. The van der Waals surface area contributed by atoms with Gasteiger partial charge in [0.1, 0.15) is 10.7 Å². The predicted molar refractivity (Wildman–Crippen MR) is 134 cm³/mol. The molecule has 1 fully saturated rings. The Morgan fingerprint density at radius 3 is 2.64 bits per heavy atom. The molecule has 0 spiro atoms.